The Bertz CT molecular complexity index is 70.0. The van der Waals surface area contributed by atoms with Crippen LogP contribution in [-0.2, 0) is 0 Å². The molecule has 1 fully saturated rings. The van der Waals surface area contributed by atoms with Gasteiger partial charge in [-0.1, -0.05) is 38.0 Å². The molecule has 1 saturated carbocycles. The van der Waals surface area contributed by atoms with E-state index >= 15 is 0 Å². The van der Waals surface area contributed by atoms with Crippen LogP contribution in [0.4, 0.5) is 0 Å². The van der Waals surface area contributed by atoms with Crippen LogP contribution >= 0.6 is 0 Å². The van der Waals surface area contributed by atoms with Gasteiger partial charge in [0.05, 0.1) is 0 Å². The van der Waals surface area contributed by atoms with Crippen molar-refractivity contribution in [3.8, 4) is 0 Å². The molecule has 0 spiro atoms. The van der Waals surface area contributed by atoms with Crippen molar-refractivity contribution in [2.45, 2.75) is 43.7 Å². The Hall–Kier alpha value is 0.492. The van der Waals surface area contributed by atoms with E-state index < -0.39 is 0 Å². The van der Waals surface area contributed by atoms with E-state index in [2.05, 4.69) is 11.6 Å². The standard InChI is InChI=1S/C7H13O.2CH3.Al/c8-6-7-4-2-1-3-5-7;;;/h7H,1-6H2;2*1H3;/q-1;;;+1. The summed E-state index contributed by atoms with van der Waals surface area (Å²) < 4.78 is 0. The van der Waals surface area contributed by atoms with E-state index in [4.69, 9.17) is 0 Å². The third kappa shape index (κ3) is 6.87. The van der Waals surface area contributed by atoms with E-state index in [1.165, 1.54) is 32.1 Å². The van der Waals surface area contributed by atoms with E-state index in [-0.39, 0.29) is 6.61 Å². The Labute approximate surface area is 76.9 Å². The van der Waals surface area contributed by atoms with Crippen molar-refractivity contribution in [2.75, 3.05) is 6.61 Å². The van der Waals surface area contributed by atoms with Gasteiger partial charge >= 0.3 is 26.8 Å². The van der Waals surface area contributed by atoms with Gasteiger partial charge in [0, 0.05) is 0 Å². The summed E-state index contributed by atoms with van der Waals surface area (Å²) in [6.07, 6.45) is 6.35. The quantitative estimate of drug-likeness (QED) is 0.549. The number of rotatable bonds is 1. The molecule has 2 heteroatoms. The van der Waals surface area contributed by atoms with Crippen LogP contribution in [0.2, 0.25) is 11.6 Å². The summed E-state index contributed by atoms with van der Waals surface area (Å²) in [5.41, 5.74) is 0. The first kappa shape index (κ1) is 11.5. The fourth-order valence-electron chi connectivity index (χ4n) is 1.35. The Morgan fingerprint density at radius 2 is 1.64 bits per heavy atom. The number of hydrogen-bond acceptors (Lipinski definition) is 1. The van der Waals surface area contributed by atoms with Crippen LogP contribution in [0, 0.1) is 5.92 Å². The maximum Gasteiger partial charge on any atom is -0.0517 e. The summed E-state index contributed by atoms with van der Waals surface area (Å²) in [5, 5.41) is 10.3. The summed E-state index contributed by atoms with van der Waals surface area (Å²) in [7, 11) is 0. The molecule has 0 aromatic carbocycles. The molecular formula is C9H19AlO. The van der Waals surface area contributed by atoms with Crippen LogP contribution in [0.1, 0.15) is 32.1 Å². The van der Waals surface area contributed by atoms with Gasteiger partial charge in [0.25, 0.3) is 0 Å². The van der Waals surface area contributed by atoms with Gasteiger partial charge in [-0.15, -0.1) is 6.61 Å². The van der Waals surface area contributed by atoms with E-state index in [0.717, 1.165) is 15.2 Å². The Balaban J connectivity index is 0.000000292. The van der Waals surface area contributed by atoms with Gasteiger partial charge in [0.15, 0.2) is 0 Å². The van der Waals surface area contributed by atoms with E-state index in [1.54, 1.807) is 0 Å². The zero-order valence-electron chi connectivity index (χ0n) is 7.81. The Morgan fingerprint density at radius 1 is 1.18 bits per heavy atom. The zero-order valence-corrected chi connectivity index (χ0v) is 8.96. The van der Waals surface area contributed by atoms with Crippen LogP contribution < -0.4 is 5.11 Å². The molecule has 64 valence electrons. The molecule has 1 aliphatic carbocycles. The minimum atomic E-state index is 0.167. The van der Waals surface area contributed by atoms with Gasteiger partial charge in [-0.05, 0) is 0 Å². The third-order valence-electron chi connectivity index (χ3n) is 1.96. The molecule has 0 heterocycles. The van der Waals surface area contributed by atoms with Gasteiger partial charge in [-0.25, -0.2) is 0 Å². The summed E-state index contributed by atoms with van der Waals surface area (Å²) in [6, 6.07) is 0. The average molecular weight is 170 g/mol. The first-order chi connectivity index (χ1) is 5.35. The molecule has 0 aromatic rings. The van der Waals surface area contributed by atoms with Gasteiger partial charge in [0.2, 0.25) is 0 Å². The van der Waals surface area contributed by atoms with Crippen LogP contribution in [0.5, 0.6) is 0 Å². The SMILES string of the molecule is [CH3][Al+][CH3].[O-]CC1CCCCC1. The first-order valence-corrected chi connectivity index (χ1v) is 6.98. The summed E-state index contributed by atoms with van der Waals surface area (Å²) >= 11 is 0.750. The Morgan fingerprint density at radius 3 is 1.91 bits per heavy atom. The normalized spacial score (nSPS) is 18.1. The van der Waals surface area contributed by atoms with E-state index in [9.17, 15) is 5.11 Å². The first-order valence-electron chi connectivity index (χ1n) is 4.67. The molecule has 0 saturated heterocycles. The average Bonchev–Trinajstić information content (AvgIpc) is 2.08. The van der Waals surface area contributed by atoms with Gasteiger partial charge < -0.3 is 5.11 Å². The molecule has 0 aliphatic heterocycles. The molecule has 0 bridgehead atoms. The fourth-order valence-corrected chi connectivity index (χ4v) is 1.35. The van der Waals surface area contributed by atoms with Gasteiger partial charge in [-0.2, -0.15) is 0 Å². The second-order valence-corrected chi connectivity index (χ2v) is 4.40. The van der Waals surface area contributed by atoms with Crippen molar-refractivity contribution >= 4 is 15.2 Å². The second kappa shape index (κ2) is 8.59. The molecule has 0 N–H and O–H groups in total. The van der Waals surface area contributed by atoms with E-state index in [0.29, 0.717) is 5.92 Å². The summed E-state index contributed by atoms with van der Waals surface area (Å²) in [4.78, 5) is 0. The van der Waals surface area contributed by atoms with E-state index in [1.807, 2.05) is 0 Å². The van der Waals surface area contributed by atoms with Gasteiger partial charge in [-0.3, -0.25) is 0 Å². The molecule has 11 heavy (non-hydrogen) atoms. The minimum Gasteiger partial charge on any atom is -0.854 e. The van der Waals surface area contributed by atoms with Crippen molar-refractivity contribution in [3.05, 3.63) is 0 Å². The predicted octanol–water partition coefficient (Wildman–Crippen LogP) is 1.71. The topological polar surface area (TPSA) is 23.1 Å². The Kier molecular flexibility index (Phi) is 8.97. The smallest absolute Gasteiger partial charge is 0.0517 e. The fraction of sp³-hybridized carbons (Fsp3) is 1.00. The van der Waals surface area contributed by atoms with Crippen molar-refractivity contribution < 1.29 is 5.11 Å². The van der Waals surface area contributed by atoms with Crippen molar-refractivity contribution in [1.29, 1.82) is 0 Å². The maximum absolute atomic E-state index is 10.3. The van der Waals surface area contributed by atoms with Crippen molar-refractivity contribution in [2.24, 2.45) is 5.92 Å². The van der Waals surface area contributed by atoms with Gasteiger partial charge in [0.1, 0.15) is 0 Å². The van der Waals surface area contributed by atoms with Crippen LogP contribution in [0.3, 0.4) is 0 Å². The molecule has 0 aromatic heterocycles. The maximum atomic E-state index is 10.3. The summed E-state index contributed by atoms with van der Waals surface area (Å²) in [5.74, 6) is 4.95. The third-order valence-corrected chi connectivity index (χ3v) is 1.96. The summed E-state index contributed by atoms with van der Waals surface area (Å²) in [6.45, 7) is 0.167. The largest absolute Gasteiger partial charge is 0.854 e. The predicted molar refractivity (Wildman–Crippen MR) is 48.9 cm³/mol. The van der Waals surface area contributed by atoms with Crippen molar-refractivity contribution in [1.82, 2.24) is 0 Å². The molecule has 1 aliphatic rings. The number of hydrogen-bond donors (Lipinski definition) is 0. The van der Waals surface area contributed by atoms with Crippen LogP contribution in [0.25, 0.3) is 0 Å². The zero-order chi connectivity index (χ0) is 8.53. The van der Waals surface area contributed by atoms with Crippen LogP contribution in [0.15, 0.2) is 0 Å². The molecule has 0 radical (unpaired) electrons. The van der Waals surface area contributed by atoms with Crippen LogP contribution in [-0.4, -0.2) is 21.8 Å². The minimum absolute atomic E-state index is 0.167. The van der Waals surface area contributed by atoms with Crippen molar-refractivity contribution in [3.63, 3.8) is 0 Å². The molecule has 0 amide bonds. The molecule has 1 nitrogen and oxygen atoms in total. The molecular weight excluding hydrogens is 151 g/mol. The molecule has 1 rings (SSSR count). The molecule has 0 atom stereocenters. The second-order valence-electron chi connectivity index (χ2n) is 3.25. The monoisotopic (exact) mass is 170 g/mol. The molecule has 0 unspecified atom stereocenters.